The first-order chi connectivity index (χ1) is 9.78. The Labute approximate surface area is 122 Å². The van der Waals surface area contributed by atoms with E-state index in [1.807, 2.05) is 36.1 Å². The normalized spacial score (nSPS) is 11.3. The van der Waals surface area contributed by atoms with Gasteiger partial charge in [-0.15, -0.1) is 11.6 Å². The number of hydrogen-bond donors (Lipinski definition) is 0. The second kappa shape index (κ2) is 5.63. The fraction of sp³-hybridized carbons (Fsp3) is 0.357. The summed E-state index contributed by atoms with van der Waals surface area (Å²) in [5.74, 6) is 1.54. The molecule has 3 heterocycles. The van der Waals surface area contributed by atoms with E-state index in [9.17, 15) is 0 Å². The molecule has 0 N–H and O–H groups in total. The first kappa shape index (κ1) is 13.1. The Morgan fingerprint density at radius 2 is 2.20 bits per heavy atom. The summed E-state index contributed by atoms with van der Waals surface area (Å²) in [5.41, 5.74) is 3.00. The van der Waals surface area contributed by atoms with Gasteiger partial charge in [0.05, 0.1) is 12.7 Å². The third-order valence-corrected chi connectivity index (χ3v) is 3.40. The number of hydrogen-bond acceptors (Lipinski definition) is 3. The molecule has 0 amide bonds. The van der Waals surface area contributed by atoms with Crippen LogP contribution in [-0.2, 0) is 19.5 Å². The number of fused-ring (bicyclic) bond motifs is 1. The van der Waals surface area contributed by atoms with Crippen molar-refractivity contribution in [2.24, 2.45) is 0 Å². The lowest BCUT2D eigenvalue weighted by Crippen LogP contribution is -2.11. The number of pyridine rings is 1. The van der Waals surface area contributed by atoms with Crippen molar-refractivity contribution in [1.29, 1.82) is 0 Å². The topological polar surface area (TPSA) is 48.5 Å². The van der Waals surface area contributed by atoms with Crippen LogP contribution in [-0.4, -0.2) is 30.2 Å². The molecule has 5 nitrogen and oxygen atoms in total. The third kappa shape index (κ3) is 2.54. The van der Waals surface area contributed by atoms with Gasteiger partial charge in [0.25, 0.3) is 0 Å². The van der Waals surface area contributed by atoms with Crippen LogP contribution in [0, 0.1) is 6.92 Å². The zero-order valence-corrected chi connectivity index (χ0v) is 12.1. The highest BCUT2D eigenvalue weighted by Crippen LogP contribution is 2.14. The number of aryl methyl sites for hydroxylation is 4. The molecule has 0 fully saturated rings. The van der Waals surface area contributed by atoms with E-state index in [-0.39, 0.29) is 0 Å². The van der Waals surface area contributed by atoms with Gasteiger partial charge in [-0.2, -0.15) is 5.10 Å². The van der Waals surface area contributed by atoms with Crippen molar-refractivity contribution in [1.82, 2.24) is 24.3 Å². The van der Waals surface area contributed by atoms with E-state index < -0.39 is 0 Å². The van der Waals surface area contributed by atoms with Gasteiger partial charge in [-0.05, 0) is 24.6 Å². The van der Waals surface area contributed by atoms with Crippen molar-refractivity contribution in [3.8, 4) is 0 Å². The van der Waals surface area contributed by atoms with Crippen LogP contribution < -0.4 is 0 Å². The molecule has 0 spiro atoms. The average Bonchev–Trinajstić information content (AvgIpc) is 3.00. The van der Waals surface area contributed by atoms with E-state index >= 15 is 0 Å². The molecular weight excluding hydrogens is 274 g/mol. The minimum Gasteiger partial charge on any atom is -0.311 e. The van der Waals surface area contributed by atoms with Gasteiger partial charge >= 0.3 is 0 Å². The van der Waals surface area contributed by atoms with Crippen LogP contribution in [0.4, 0.5) is 0 Å². The van der Waals surface area contributed by atoms with Crippen molar-refractivity contribution in [2.45, 2.75) is 26.4 Å². The van der Waals surface area contributed by atoms with Crippen molar-refractivity contribution in [3.63, 3.8) is 0 Å². The maximum atomic E-state index is 5.86. The monoisotopic (exact) mass is 289 g/mol. The molecule has 0 aromatic carbocycles. The van der Waals surface area contributed by atoms with Crippen LogP contribution >= 0.6 is 11.6 Å². The Balaban J connectivity index is 1.90. The van der Waals surface area contributed by atoms with E-state index in [1.54, 1.807) is 6.20 Å². The summed E-state index contributed by atoms with van der Waals surface area (Å²) in [5, 5.41) is 4.31. The number of nitrogens with zero attached hydrogens (tertiary/aromatic N) is 5. The number of alkyl halides is 1. The predicted molar refractivity (Wildman–Crippen MR) is 78.9 cm³/mol. The fourth-order valence-electron chi connectivity index (χ4n) is 2.31. The second-order valence-corrected chi connectivity index (χ2v) is 5.12. The molecule has 0 radical (unpaired) electrons. The summed E-state index contributed by atoms with van der Waals surface area (Å²) in [7, 11) is 0. The second-order valence-electron chi connectivity index (χ2n) is 4.75. The molecule has 0 aliphatic carbocycles. The standard InChI is InChI=1S/C14H16ClN5/c1-11-9-17-19(10-11)7-8-20-13(4-5-15)18-12-3-2-6-16-14(12)20/h2-3,6,9-10H,4-5,7-8H2,1H3. The Morgan fingerprint density at radius 3 is 2.95 bits per heavy atom. The Kier molecular flexibility index (Phi) is 3.69. The van der Waals surface area contributed by atoms with E-state index in [2.05, 4.69) is 19.6 Å². The van der Waals surface area contributed by atoms with Crippen LogP contribution in [0.1, 0.15) is 11.4 Å². The largest absolute Gasteiger partial charge is 0.311 e. The SMILES string of the molecule is Cc1cnn(CCn2c(CCCl)nc3cccnc32)c1. The highest BCUT2D eigenvalue weighted by molar-refractivity contribution is 6.17. The summed E-state index contributed by atoms with van der Waals surface area (Å²) in [4.78, 5) is 9.04. The zero-order valence-electron chi connectivity index (χ0n) is 11.3. The molecule has 3 aromatic rings. The lowest BCUT2D eigenvalue weighted by molar-refractivity contribution is 0.528. The zero-order chi connectivity index (χ0) is 13.9. The fourth-order valence-corrected chi connectivity index (χ4v) is 2.48. The smallest absolute Gasteiger partial charge is 0.160 e. The maximum Gasteiger partial charge on any atom is 0.160 e. The molecule has 0 saturated heterocycles. The average molecular weight is 290 g/mol. The highest BCUT2D eigenvalue weighted by atomic mass is 35.5. The van der Waals surface area contributed by atoms with Crippen LogP contribution in [0.25, 0.3) is 11.2 Å². The lowest BCUT2D eigenvalue weighted by Gasteiger charge is -2.08. The van der Waals surface area contributed by atoms with Crippen molar-refractivity contribution in [2.75, 3.05) is 5.88 Å². The summed E-state index contributed by atoms with van der Waals surface area (Å²) in [6.45, 7) is 3.63. The summed E-state index contributed by atoms with van der Waals surface area (Å²) >= 11 is 5.86. The maximum absolute atomic E-state index is 5.86. The molecule has 3 rings (SSSR count). The van der Waals surface area contributed by atoms with Gasteiger partial charge in [0.2, 0.25) is 0 Å². The summed E-state index contributed by atoms with van der Waals surface area (Å²) < 4.78 is 4.07. The third-order valence-electron chi connectivity index (χ3n) is 3.22. The summed E-state index contributed by atoms with van der Waals surface area (Å²) in [6.07, 6.45) is 6.44. The Hall–Kier alpha value is -1.88. The number of halogens is 1. The highest BCUT2D eigenvalue weighted by Gasteiger charge is 2.11. The van der Waals surface area contributed by atoms with E-state index in [1.165, 1.54) is 5.56 Å². The van der Waals surface area contributed by atoms with Gasteiger partial charge in [0.1, 0.15) is 11.3 Å². The number of rotatable bonds is 5. The minimum absolute atomic E-state index is 0.560. The van der Waals surface area contributed by atoms with Crippen LogP contribution in [0.3, 0.4) is 0 Å². The molecule has 20 heavy (non-hydrogen) atoms. The summed E-state index contributed by atoms with van der Waals surface area (Å²) in [6, 6.07) is 3.88. The quantitative estimate of drug-likeness (QED) is 0.678. The molecule has 0 saturated carbocycles. The van der Waals surface area contributed by atoms with Gasteiger partial charge in [0, 0.05) is 31.2 Å². The minimum atomic E-state index is 0.560. The number of imidazole rings is 1. The molecule has 0 aliphatic rings. The molecule has 3 aromatic heterocycles. The van der Waals surface area contributed by atoms with Crippen molar-refractivity contribution >= 4 is 22.8 Å². The first-order valence-electron chi connectivity index (χ1n) is 6.63. The van der Waals surface area contributed by atoms with Gasteiger partial charge in [-0.3, -0.25) is 4.68 Å². The van der Waals surface area contributed by atoms with Gasteiger partial charge in [0.15, 0.2) is 5.65 Å². The van der Waals surface area contributed by atoms with E-state index in [0.717, 1.165) is 36.5 Å². The van der Waals surface area contributed by atoms with Crippen molar-refractivity contribution < 1.29 is 0 Å². The van der Waals surface area contributed by atoms with Gasteiger partial charge in [-0.1, -0.05) is 0 Å². The molecule has 0 aliphatic heterocycles. The first-order valence-corrected chi connectivity index (χ1v) is 7.16. The van der Waals surface area contributed by atoms with E-state index in [4.69, 9.17) is 11.6 Å². The number of aromatic nitrogens is 5. The van der Waals surface area contributed by atoms with Crippen LogP contribution in [0.15, 0.2) is 30.7 Å². The van der Waals surface area contributed by atoms with Crippen LogP contribution in [0.2, 0.25) is 0 Å². The van der Waals surface area contributed by atoms with Gasteiger partial charge in [-0.25, -0.2) is 9.97 Å². The molecule has 104 valence electrons. The molecule has 6 heteroatoms. The van der Waals surface area contributed by atoms with Crippen molar-refractivity contribution in [3.05, 3.63) is 42.1 Å². The van der Waals surface area contributed by atoms with Crippen LogP contribution in [0.5, 0.6) is 0 Å². The van der Waals surface area contributed by atoms with Gasteiger partial charge < -0.3 is 4.57 Å². The molecule has 0 unspecified atom stereocenters. The van der Waals surface area contributed by atoms with E-state index in [0.29, 0.717) is 5.88 Å². The Morgan fingerprint density at radius 1 is 1.30 bits per heavy atom. The molecular formula is C14H16ClN5. The Bertz CT molecular complexity index is 715. The molecule has 0 bridgehead atoms. The lowest BCUT2D eigenvalue weighted by atomic mass is 10.4. The predicted octanol–water partition coefficient (Wildman–Crippen LogP) is 2.42. The molecule has 0 atom stereocenters.